The Kier molecular flexibility index (Phi) is 3.72. The minimum Gasteiger partial charge on any atom is -0.330 e. The fraction of sp³-hybridized carbons (Fsp3) is 0.625. The van der Waals surface area contributed by atoms with E-state index in [0.717, 1.165) is 43.7 Å². The maximum atomic E-state index is 4.73. The molecule has 118 valence electrons. The molecule has 4 heterocycles. The van der Waals surface area contributed by atoms with Crippen LogP contribution < -0.4 is 5.32 Å². The van der Waals surface area contributed by atoms with Crippen LogP contribution in [0.1, 0.15) is 25.0 Å². The van der Waals surface area contributed by atoms with Crippen LogP contribution in [0.4, 0.5) is 0 Å². The van der Waals surface area contributed by atoms with Gasteiger partial charge in [-0.15, -0.1) is 0 Å². The molecule has 1 atom stereocenters. The van der Waals surface area contributed by atoms with Gasteiger partial charge in [-0.3, -0.25) is 4.68 Å². The number of hydrogen-bond donors (Lipinski definition) is 1. The van der Waals surface area contributed by atoms with E-state index in [1.165, 1.54) is 31.5 Å². The van der Waals surface area contributed by atoms with Crippen molar-refractivity contribution < 1.29 is 0 Å². The van der Waals surface area contributed by atoms with Gasteiger partial charge < -0.3 is 14.8 Å². The summed E-state index contributed by atoms with van der Waals surface area (Å²) in [4.78, 5) is 7.03. The average molecular weight is 300 g/mol. The number of rotatable bonds is 4. The second-order valence-electron chi connectivity index (χ2n) is 6.43. The van der Waals surface area contributed by atoms with Gasteiger partial charge in [0.2, 0.25) is 0 Å². The molecule has 1 saturated heterocycles. The largest absolute Gasteiger partial charge is 0.330 e. The summed E-state index contributed by atoms with van der Waals surface area (Å²) in [6.07, 6.45) is 7.82. The molecule has 1 fully saturated rings. The highest BCUT2D eigenvalue weighted by Crippen LogP contribution is 2.22. The van der Waals surface area contributed by atoms with Crippen molar-refractivity contribution in [2.24, 2.45) is 0 Å². The van der Waals surface area contributed by atoms with Gasteiger partial charge in [0.1, 0.15) is 5.69 Å². The maximum Gasteiger partial charge on any atom is 0.160 e. The predicted octanol–water partition coefficient (Wildman–Crippen LogP) is 1.33. The van der Waals surface area contributed by atoms with Crippen LogP contribution in [-0.2, 0) is 19.6 Å². The number of aryl methyl sites for hydroxylation is 1. The van der Waals surface area contributed by atoms with Crippen molar-refractivity contribution in [1.82, 2.24) is 29.5 Å². The molecule has 22 heavy (non-hydrogen) atoms. The molecule has 0 spiro atoms. The van der Waals surface area contributed by atoms with E-state index in [1.807, 2.05) is 6.20 Å². The molecular formula is C16H24N6. The maximum absolute atomic E-state index is 4.73. The van der Waals surface area contributed by atoms with Crippen LogP contribution >= 0.6 is 0 Å². The third-order valence-corrected chi connectivity index (χ3v) is 4.99. The lowest BCUT2D eigenvalue weighted by atomic mass is 10.1. The average Bonchev–Trinajstić information content (AvgIpc) is 3.23. The van der Waals surface area contributed by atoms with E-state index in [-0.39, 0.29) is 0 Å². The monoisotopic (exact) mass is 300 g/mol. The Balaban J connectivity index is 1.51. The first kappa shape index (κ1) is 14.0. The lowest BCUT2D eigenvalue weighted by Gasteiger charge is -2.19. The van der Waals surface area contributed by atoms with Crippen LogP contribution in [0.25, 0.3) is 11.5 Å². The van der Waals surface area contributed by atoms with Crippen molar-refractivity contribution >= 4 is 0 Å². The topological polar surface area (TPSA) is 50.9 Å². The fourth-order valence-electron chi connectivity index (χ4n) is 3.66. The molecule has 0 bridgehead atoms. The van der Waals surface area contributed by atoms with Crippen molar-refractivity contribution in [3.05, 3.63) is 24.2 Å². The molecular weight excluding hydrogens is 276 g/mol. The smallest absolute Gasteiger partial charge is 0.160 e. The summed E-state index contributed by atoms with van der Waals surface area (Å²) >= 11 is 0. The van der Waals surface area contributed by atoms with E-state index in [2.05, 4.69) is 43.8 Å². The third kappa shape index (κ3) is 2.57. The summed E-state index contributed by atoms with van der Waals surface area (Å²) in [6, 6.07) is 2.89. The molecule has 4 rings (SSSR count). The summed E-state index contributed by atoms with van der Waals surface area (Å²) in [7, 11) is 2.24. The van der Waals surface area contributed by atoms with E-state index in [1.54, 1.807) is 0 Å². The molecule has 1 N–H and O–H groups in total. The van der Waals surface area contributed by atoms with E-state index in [0.29, 0.717) is 0 Å². The number of nitrogens with one attached hydrogen (secondary N) is 1. The van der Waals surface area contributed by atoms with Crippen molar-refractivity contribution in [3.8, 4) is 11.5 Å². The van der Waals surface area contributed by atoms with Gasteiger partial charge in [0.15, 0.2) is 5.82 Å². The zero-order valence-corrected chi connectivity index (χ0v) is 13.2. The quantitative estimate of drug-likeness (QED) is 0.925. The molecule has 0 saturated carbocycles. The first-order valence-corrected chi connectivity index (χ1v) is 8.30. The summed E-state index contributed by atoms with van der Waals surface area (Å²) in [5.41, 5.74) is 2.26. The Morgan fingerprint density at radius 1 is 1.36 bits per heavy atom. The zero-order valence-electron chi connectivity index (χ0n) is 13.2. The first-order valence-electron chi connectivity index (χ1n) is 8.30. The van der Waals surface area contributed by atoms with Gasteiger partial charge in [-0.25, -0.2) is 4.98 Å². The molecule has 0 amide bonds. The highest BCUT2D eigenvalue weighted by atomic mass is 15.3. The minimum absolute atomic E-state index is 0.717. The molecule has 2 aliphatic rings. The number of aromatic nitrogens is 4. The van der Waals surface area contributed by atoms with Crippen molar-refractivity contribution in [1.29, 1.82) is 0 Å². The van der Waals surface area contributed by atoms with E-state index < -0.39 is 0 Å². The zero-order chi connectivity index (χ0) is 14.9. The lowest BCUT2D eigenvalue weighted by molar-refractivity contribution is 0.286. The van der Waals surface area contributed by atoms with E-state index in [9.17, 15) is 0 Å². The van der Waals surface area contributed by atoms with Gasteiger partial charge in [0, 0.05) is 38.1 Å². The van der Waals surface area contributed by atoms with Crippen LogP contribution in [0.5, 0.6) is 0 Å². The van der Waals surface area contributed by atoms with Crippen molar-refractivity contribution in [2.45, 2.75) is 44.9 Å². The summed E-state index contributed by atoms with van der Waals surface area (Å²) in [5, 5.41) is 8.12. The Morgan fingerprint density at radius 2 is 2.32 bits per heavy atom. The summed E-state index contributed by atoms with van der Waals surface area (Å²) < 4.78 is 4.36. The van der Waals surface area contributed by atoms with Gasteiger partial charge in [-0.05, 0) is 38.9 Å². The lowest BCUT2D eigenvalue weighted by Crippen LogP contribution is -2.28. The van der Waals surface area contributed by atoms with Crippen molar-refractivity contribution in [3.63, 3.8) is 0 Å². The van der Waals surface area contributed by atoms with Crippen LogP contribution in [0.15, 0.2) is 18.5 Å². The summed E-state index contributed by atoms with van der Waals surface area (Å²) in [5.74, 6) is 1.00. The Labute approximate surface area is 131 Å². The number of hydrogen-bond acceptors (Lipinski definition) is 4. The van der Waals surface area contributed by atoms with E-state index >= 15 is 0 Å². The number of likely N-dealkylation sites (tertiary alicyclic amines) is 1. The molecule has 6 heteroatoms. The minimum atomic E-state index is 0.717. The number of fused-ring (bicyclic) bond motifs is 1. The van der Waals surface area contributed by atoms with Gasteiger partial charge in [0.25, 0.3) is 0 Å². The van der Waals surface area contributed by atoms with Crippen LogP contribution in [0.2, 0.25) is 0 Å². The molecule has 0 aliphatic carbocycles. The molecule has 2 aromatic heterocycles. The number of imidazole rings is 1. The highest BCUT2D eigenvalue weighted by Gasteiger charge is 2.21. The normalized spacial score (nSPS) is 22.1. The van der Waals surface area contributed by atoms with Crippen molar-refractivity contribution in [2.75, 3.05) is 20.1 Å². The summed E-state index contributed by atoms with van der Waals surface area (Å²) in [6.45, 7) is 5.10. The van der Waals surface area contributed by atoms with Gasteiger partial charge in [-0.1, -0.05) is 0 Å². The SMILES string of the molecule is CN1CCC[C@H]1CCn1ccnc1-c1cc2n(n1)CCNC2. The molecule has 0 aromatic carbocycles. The molecule has 2 aliphatic heterocycles. The van der Waals surface area contributed by atoms with Gasteiger partial charge >= 0.3 is 0 Å². The molecule has 0 unspecified atom stereocenters. The number of nitrogens with zero attached hydrogens (tertiary/aromatic N) is 5. The molecule has 0 radical (unpaired) electrons. The highest BCUT2D eigenvalue weighted by molar-refractivity contribution is 5.50. The molecule has 6 nitrogen and oxygen atoms in total. The Bertz CT molecular complexity index is 619. The predicted molar refractivity (Wildman–Crippen MR) is 85.4 cm³/mol. The van der Waals surface area contributed by atoms with Gasteiger partial charge in [-0.2, -0.15) is 5.10 Å². The van der Waals surface area contributed by atoms with Gasteiger partial charge in [0.05, 0.1) is 12.2 Å². The second kappa shape index (κ2) is 5.85. The Hall–Kier alpha value is -1.66. The fourth-order valence-corrected chi connectivity index (χ4v) is 3.66. The first-order chi connectivity index (χ1) is 10.8. The van der Waals surface area contributed by atoms with Crippen LogP contribution in [-0.4, -0.2) is 50.4 Å². The Morgan fingerprint density at radius 3 is 3.14 bits per heavy atom. The third-order valence-electron chi connectivity index (χ3n) is 4.99. The van der Waals surface area contributed by atoms with Crippen LogP contribution in [0.3, 0.4) is 0 Å². The van der Waals surface area contributed by atoms with E-state index in [4.69, 9.17) is 5.10 Å². The second-order valence-corrected chi connectivity index (χ2v) is 6.43. The molecule has 2 aromatic rings. The standard InChI is InChI=1S/C16H24N6/c1-20-7-2-3-13(20)4-8-21-9-6-18-16(21)15-11-14-12-17-5-10-22(14)19-15/h6,9,11,13,17H,2-5,7-8,10,12H2,1H3/t13-/m0/s1. The van der Waals surface area contributed by atoms with Crippen LogP contribution in [0, 0.1) is 0 Å².